The molecule has 1 aromatic rings. The quantitative estimate of drug-likeness (QED) is 0.739. The molecule has 1 atom stereocenters. The average molecular weight is 332 g/mol. The van der Waals surface area contributed by atoms with E-state index in [0.717, 1.165) is 12.8 Å². The number of aromatic amines is 1. The molecule has 7 heteroatoms. The normalized spacial score (nSPS) is 11.6. The Kier molecular flexibility index (Phi) is 7.37. The van der Waals surface area contributed by atoms with Crippen LogP contribution in [0.3, 0.4) is 0 Å². The molecular formula is C16H22N5OS+. The Morgan fingerprint density at radius 1 is 1.30 bits per heavy atom. The topological polar surface area (TPSA) is 117 Å². The zero-order valence-corrected chi connectivity index (χ0v) is 14.5. The Hall–Kier alpha value is -2.25. The van der Waals surface area contributed by atoms with Crippen LogP contribution in [0, 0.1) is 28.6 Å². The SMILES string of the molecule is CC(C)CC[C@@H](C)NC(=O)CSc1[nH+]c(N)c(C#N)cc1C#N. The summed E-state index contributed by atoms with van der Waals surface area (Å²) >= 11 is 1.20. The number of thioether (sulfide) groups is 1. The number of nitriles is 2. The standard InChI is InChI=1S/C16H21N5OS/c1-10(2)4-5-11(3)20-14(22)9-23-16-13(8-18)6-12(7-17)15(19)21-16/h6,10-11H,4-5,9H2,1-3H3,(H2,19,21)(H,20,22)/p+1/t11-/m1/s1. The number of hydrogen-bond donors (Lipinski definition) is 2. The van der Waals surface area contributed by atoms with Crippen molar-refractivity contribution in [3.63, 3.8) is 0 Å². The molecule has 0 aromatic carbocycles. The molecule has 0 spiro atoms. The van der Waals surface area contributed by atoms with E-state index in [2.05, 4.69) is 24.1 Å². The molecular weight excluding hydrogens is 310 g/mol. The molecule has 4 N–H and O–H groups in total. The van der Waals surface area contributed by atoms with E-state index in [1.54, 1.807) is 0 Å². The smallest absolute Gasteiger partial charge is 0.289 e. The van der Waals surface area contributed by atoms with Crippen LogP contribution < -0.4 is 16.0 Å². The minimum absolute atomic E-state index is 0.0912. The van der Waals surface area contributed by atoms with Gasteiger partial charge in [-0.05, 0) is 31.7 Å². The predicted octanol–water partition coefficient (Wildman–Crippen LogP) is 1.86. The number of amides is 1. The summed E-state index contributed by atoms with van der Waals surface area (Å²) in [5.74, 6) is 0.895. The lowest BCUT2D eigenvalue weighted by molar-refractivity contribution is -0.410. The van der Waals surface area contributed by atoms with Crippen LogP contribution in [-0.2, 0) is 4.79 Å². The second-order valence-corrected chi connectivity index (χ2v) is 6.78. The van der Waals surface area contributed by atoms with Crippen LogP contribution in [0.15, 0.2) is 11.1 Å². The van der Waals surface area contributed by atoms with Gasteiger partial charge in [0.15, 0.2) is 5.03 Å². The van der Waals surface area contributed by atoms with Gasteiger partial charge >= 0.3 is 0 Å². The van der Waals surface area contributed by atoms with Gasteiger partial charge in [0.25, 0.3) is 5.82 Å². The fourth-order valence-corrected chi connectivity index (χ4v) is 2.74. The predicted molar refractivity (Wildman–Crippen MR) is 89.2 cm³/mol. The molecule has 1 heterocycles. The maximum absolute atomic E-state index is 12.0. The van der Waals surface area contributed by atoms with Crippen molar-refractivity contribution in [2.24, 2.45) is 5.92 Å². The molecule has 0 saturated carbocycles. The molecule has 0 saturated heterocycles. The van der Waals surface area contributed by atoms with Crippen molar-refractivity contribution < 1.29 is 9.78 Å². The summed E-state index contributed by atoms with van der Waals surface area (Å²) in [6, 6.07) is 5.47. The van der Waals surface area contributed by atoms with Crippen LogP contribution in [-0.4, -0.2) is 17.7 Å². The average Bonchev–Trinajstić information content (AvgIpc) is 2.51. The molecule has 0 aliphatic carbocycles. The van der Waals surface area contributed by atoms with Crippen LogP contribution in [0.4, 0.5) is 5.82 Å². The van der Waals surface area contributed by atoms with Crippen LogP contribution in [0.2, 0.25) is 0 Å². The van der Waals surface area contributed by atoms with Crippen LogP contribution >= 0.6 is 11.8 Å². The number of carbonyl (C=O) groups excluding carboxylic acids is 1. The Morgan fingerprint density at radius 3 is 2.52 bits per heavy atom. The van der Waals surface area contributed by atoms with Gasteiger partial charge in [-0.1, -0.05) is 25.6 Å². The van der Waals surface area contributed by atoms with Gasteiger partial charge in [-0.15, -0.1) is 0 Å². The Labute approximate surface area is 141 Å². The second kappa shape index (κ2) is 9.02. The highest BCUT2D eigenvalue weighted by Gasteiger charge is 2.16. The van der Waals surface area contributed by atoms with E-state index in [9.17, 15) is 4.79 Å². The minimum atomic E-state index is -0.0912. The molecule has 0 fully saturated rings. The van der Waals surface area contributed by atoms with Gasteiger partial charge in [0, 0.05) is 6.04 Å². The molecule has 0 aliphatic rings. The first-order valence-electron chi connectivity index (χ1n) is 7.45. The van der Waals surface area contributed by atoms with Crippen LogP contribution in [0.25, 0.3) is 0 Å². The van der Waals surface area contributed by atoms with E-state index in [1.807, 2.05) is 19.1 Å². The monoisotopic (exact) mass is 332 g/mol. The van der Waals surface area contributed by atoms with Gasteiger partial charge < -0.3 is 5.32 Å². The second-order valence-electron chi connectivity index (χ2n) is 5.79. The molecule has 1 rings (SSSR count). The van der Waals surface area contributed by atoms with Gasteiger partial charge in [0.05, 0.1) is 5.75 Å². The van der Waals surface area contributed by atoms with E-state index in [4.69, 9.17) is 16.3 Å². The summed E-state index contributed by atoms with van der Waals surface area (Å²) in [4.78, 5) is 14.8. The number of anilines is 1. The van der Waals surface area contributed by atoms with Crippen LogP contribution in [0.1, 0.15) is 44.7 Å². The maximum atomic E-state index is 12.0. The zero-order chi connectivity index (χ0) is 17.4. The third-order valence-electron chi connectivity index (χ3n) is 3.24. The lowest BCUT2D eigenvalue weighted by Gasteiger charge is -2.14. The molecule has 6 nitrogen and oxygen atoms in total. The van der Waals surface area contributed by atoms with Crippen molar-refractivity contribution in [2.45, 2.75) is 44.7 Å². The molecule has 1 aromatic heterocycles. The number of nitrogens with one attached hydrogen (secondary N) is 2. The number of pyridine rings is 1. The number of aromatic nitrogens is 1. The Morgan fingerprint density at radius 2 is 1.96 bits per heavy atom. The third kappa shape index (κ3) is 6.17. The van der Waals surface area contributed by atoms with Crippen molar-refractivity contribution in [3.8, 4) is 12.1 Å². The van der Waals surface area contributed by atoms with E-state index in [0.29, 0.717) is 16.5 Å². The summed E-state index contributed by atoms with van der Waals surface area (Å²) in [6.07, 6.45) is 2.00. The van der Waals surface area contributed by atoms with E-state index in [1.165, 1.54) is 17.8 Å². The van der Waals surface area contributed by atoms with Crippen molar-refractivity contribution in [2.75, 3.05) is 11.5 Å². The van der Waals surface area contributed by atoms with Gasteiger partial charge in [0.2, 0.25) is 5.91 Å². The zero-order valence-electron chi connectivity index (χ0n) is 13.6. The minimum Gasteiger partial charge on any atom is -0.353 e. The summed E-state index contributed by atoms with van der Waals surface area (Å²) < 4.78 is 0. The number of carbonyl (C=O) groups is 1. The Bertz CT molecular complexity index is 645. The summed E-state index contributed by atoms with van der Waals surface area (Å²) in [5.41, 5.74) is 6.24. The van der Waals surface area contributed by atoms with E-state index in [-0.39, 0.29) is 29.1 Å². The van der Waals surface area contributed by atoms with Crippen LogP contribution in [0.5, 0.6) is 0 Å². The lowest BCUT2D eigenvalue weighted by Crippen LogP contribution is -2.34. The molecule has 0 unspecified atom stereocenters. The fourth-order valence-electron chi connectivity index (χ4n) is 1.94. The first-order chi connectivity index (χ1) is 10.9. The number of nitrogens with two attached hydrogens (primary N) is 1. The number of H-pyrrole nitrogens is 1. The van der Waals surface area contributed by atoms with Gasteiger partial charge in [-0.25, -0.2) is 4.98 Å². The number of rotatable bonds is 7. The summed E-state index contributed by atoms with van der Waals surface area (Å²) in [7, 11) is 0. The summed E-state index contributed by atoms with van der Waals surface area (Å²) in [6.45, 7) is 6.29. The lowest BCUT2D eigenvalue weighted by atomic mass is 10.0. The number of nitrogens with zero attached hydrogens (tertiary/aromatic N) is 2. The molecule has 1 amide bonds. The van der Waals surface area contributed by atoms with Gasteiger partial charge in [-0.3, -0.25) is 10.5 Å². The number of hydrogen-bond acceptors (Lipinski definition) is 5. The first kappa shape index (κ1) is 18.8. The van der Waals surface area contributed by atoms with E-state index >= 15 is 0 Å². The molecule has 0 radical (unpaired) electrons. The highest BCUT2D eigenvalue weighted by molar-refractivity contribution is 7.99. The number of nitrogen functional groups attached to an aromatic ring is 1. The fraction of sp³-hybridized carbons (Fsp3) is 0.500. The first-order valence-corrected chi connectivity index (χ1v) is 8.44. The molecule has 23 heavy (non-hydrogen) atoms. The largest absolute Gasteiger partial charge is 0.353 e. The maximum Gasteiger partial charge on any atom is 0.289 e. The molecule has 122 valence electrons. The Balaban J connectivity index is 2.61. The highest BCUT2D eigenvalue weighted by Crippen LogP contribution is 2.20. The molecule has 0 bridgehead atoms. The highest BCUT2D eigenvalue weighted by atomic mass is 32.2. The van der Waals surface area contributed by atoms with Crippen molar-refractivity contribution >= 4 is 23.5 Å². The van der Waals surface area contributed by atoms with Gasteiger partial charge in [0.1, 0.15) is 23.3 Å². The molecule has 0 aliphatic heterocycles. The van der Waals surface area contributed by atoms with Crippen molar-refractivity contribution in [1.29, 1.82) is 10.5 Å². The van der Waals surface area contributed by atoms with Crippen molar-refractivity contribution in [3.05, 3.63) is 17.2 Å². The third-order valence-corrected chi connectivity index (χ3v) is 4.26. The van der Waals surface area contributed by atoms with Crippen molar-refractivity contribution in [1.82, 2.24) is 5.32 Å². The van der Waals surface area contributed by atoms with Gasteiger partial charge in [-0.2, -0.15) is 10.5 Å². The summed E-state index contributed by atoms with van der Waals surface area (Å²) in [5, 5.41) is 21.5. The van der Waals surface area contributed by atoms with E-state index < -0.39 is 0 Å².